The Labute approximate surface area is 231 Å². The number of anilines is 2. The van der Waals surface area contributed by atoms with E-state index in [0.717, 1.165) is 46.4 Å². The Morgan fingerprint density at radius 1 is 1.12 bits per heavy atom. The number of halogens is 3. The maximum absolute atomic E-state index is 13.1. The number of fused-ring (bicyclic) bond motifs is 3. The molecule has 0 unspecified atom stereocenters. The molecule has 0 bridgehead atoms. The predicted octanol–water partition coefficient (Wildman–Crippen LogP) is 4.36. The summed E-state index contributed by atoms with van der Waals surface area (Å²) in [4.78, 5) is 17.1. The first kappa shape index (κ1) is 26.4. The van der Waals surface area contributed by atoms with Crippen LogP contribution in [0.3, 0.4) is 0 Å². The van der Waals surface area contributed by atoms with E-state index in [4.69, 9.17) is 4.52 Å². The Balaban J connectivity index is 1.34. The summed E-state index contributed by atoms with van der Waals surface area (Å²) in [5.41, 5.74) is 2.99. The summed E-state index contributed by atoms with van der Waals surface area (Å²) in [6, 6.07) is 8.49. The fourth-order valence-corrected chi connectivity index (χ4v) is 5.71. The van der Waals surface area contributed by atoms with Crippen molar-refractivity contribution in [3.8, 4) is 22.5 Å². The largest absolute Gasteiger partial charge is 0.416 e. The zero-order chi connectivity index (χ0) is 28.8. The molecular weight excluding hydrogens is 561 g/mol. The van der Waals surface area contributed by atoms with Crippen molar-refractivity contribution < 1.29 is 26.1 Å². The zero-order valence-electron chi connectivity index (χ0n) is 21.3. The summed E-state index contributed by atoms with van der Waals surface area (Å²) in [7, 11) is -4.08. The highest BCUT2D eigenvalue weighted by Gasteiger charge is 2.31. The molecule has 11 nitrogen and oxygen atoms in total. The normalized spacial score (nSPS) is 13.8. The number of nitrogens with one attached hydrogen (secondary N) is 2. The van der Waals surface area contributed by atoms with Crippen molar-refractivity contribution in [1.82, 2.24) is 24.7 Å². The number of benzene rings is 1. The van der Waals surface area contributed by atoms with E-state index in [9.17, 15) is 21.6 Å². The van der Waals surface area contributed by atoms with Gasteiger partial charge in [-0.05, 0) is 48.4 Å². The molecule has 0 spiro atoms. The number of nitrogens with zero attached hydrogens (tertiary/aromatic N) is 6. The Kier molecular flexibility index (Phi) is 6.44. The van der Waals surface area contributed by atoms with E-state index in [2.05, 4.69) is 35.1 Å². The van der Waals surface area contributed by atoms with Crippen molar-refractivity contribution >= 4 is 27.2 Å². The molecule has 6 rings (SSSR count). The van der Waals surface area contributed by atoms with Crippen LogP contribution >= 0.6 is 0 Å². The molecule has 3 aliphatic heterocycles. The first-order valence-corrected chi connectivity index (χ1v) is 13.9. The minimum Gasteiger partial charge on any atom is -0.369 e. The average molecular weight is 583 g/mol. The van der Waals surface area contributed by atoms with Gasteiger partial charge in [-0.2, -0.15) is 18.2 Å². The molecule has 0 fully saturated rings. The van der Waals surface area contributed by atoms with E-state index < -0.39 is 27.5 Å². The molecule has 1 aromatic carbocycles. The van der Waals surface area contributed by atoms with E-state index in [-0.39, 0.29) is 17.0 Å². The van der Waals surface area contributed by atoms with E-state index in [1.807, 2.05) is 17.6 Å². The molecular formula is C26H21F3N8O3S. The summed E-state index contributed by atoms with van der Waals surface area (Å²) in [6.07, 6.45) is 0.837. The number of pyridine rings is 2. The van der Waals surface area contributed by atoms with Gasteiger partial charge in [0.15, 0.2) is 0 Å². The van der Waals surface area contributed by atoms with Crippen molar-refractivity contribution in [2.45, 2.75) is 25.4 Å². The van der Waals surface area contributed by atoms with Crippen LogP contribution in [-0.4, -0.2) is 39.6 Å². The second-order valence-corrected chi connectivity index (χ2v) is 11.1. The second-order valence-electron chi connectivity index (χ2n) is 9.35. The highest BCUT2D eigenvalue weighted by atomic mass is 32.2. The van der Waals surface area contributed by atoms with Crippen molar-refractivity contribution in [2.75, 3.05) is 16.6 Å². The van der Waals surface area contributed by atoms with Gasteiger partial charge in [-0.3, -0.25) is 9.71 Å². The van der Waals surface area contributed by atoms with Gasteiger partial charge in [0, 0.05) is 42.3 Å². The SMILES string of the molecule is Cc1ccc(NS(=O)(=O)Cc2cc(C(F)(F)F)ccn2)cc1-c1cc2cnc(=Nc3cnoc3)nc-2n2c1NCC2. The highest BCUT2D eigenvalue weighted by molar-refractivity contribution is 7.91. The monoisotopic (exact) mass is 582 g/mol. The highest BCUT2D eigenvalue weighted by Crippen LogP contribution is 2.39. The summed E-state index contributed by atoms with van der Waals surface area (Å²) < 4.78 is 74.2. The van der Waals surface area contributed by atoms with Crippen LogP contribution in [0.1, 0.15) is 16.8 Å². The average Bonchev–Trinajstić information content (AvgIpc) is 3.61. The van der Waals surface area contributed by atoms with Crippen molar-refractivity contribution in [1.29, 1.82) is 0 Å². The predicted molar refractivity (Wildman–Crippen MR) is 143 cm³/mol. The van der Waals surface area contributed by atoms with Crippen LogP contribution in [-0.2, 0) is 28.5 Å². The van der Waals surface area contributed by atoms with Crippen molar-refractivity contribution in [3.05, 3.63) is 83.7 Å². The number of aryl methyl sites for hydroxylation is 1. The van der Waals surface area contributed by atoms with Crippen LogP contribution in [0.5, 0.6) is 0 Å². The van der Waals surface area contributed by atoms with Gasteiger partial charge in [-0.1, -0.05) is 11.2 Å². The lowest BCUT2D eigenvalue weighted by molar-refractivity contribution is -0.137. The fourth-order valence-electron chi connectivity index (χ4n) is 4.61. The summed E-state index contributed by atoms with van der Waals surface area (Å²) in [5.74, 6) is 0.744. The van der Waals surface area contributed by atoms with Gasteiger partial charge in [0.1, 0.15) is 29.3 Å². The van der Waals surface area contributed by atoms with Crippen LogP contribution in [0, 0.1) is 6.92 Å². The van der Waals surface area contributed by atoms with Crippen molar-refractivity contribution in [3.63, 3.8) is 0 Å². The molecule has 0 saturated carbocycles. The van der Waals surface area contributed by atoms with Crippen LogP contribution in [0.4, 0.5) is 30.4 Å². The van der Waals surface area contributed by atoms with Crippen LogP contribution in [0.2, 0.25) is 0 Å². The third kappa shape index (κ3) is 5.48. The Morgan fingerprint density at radius 2 is 1.98 bits per heavy atom. The van der Waals surface area contributed by atoms with E-state index in [0.29, 0.717) is 24.6 Å². The number of aromatic nitrogens is 5. The number of sulfonamides is 1. The Bertz CT molecular complexity index is 1900. The molecule has 41 heavy (non-hydrogen) atoms. The number of hydrogen-bond donors (Lipinski definition) is 2. The molecule has 0 saturated heterocycles. The number of rotatable bonds is 6. The summed E-state index contributed by atoms with van der Waals surface area (Å²) >= 11 is 0. The minimum atomic E-state index is -4.61. The minimum absolute atomic E-state index is 0.220. The molecule has 210 valence electrons. The van der Waals surface area contributed by atoms with Gasteiger partial charge in [0.25, 0.3) is 5.62 Å². The zero-order valence-corrected chi connectivity index (χ0v) is 22.2. The summed E-state index contributed by atoms with van der Waals surface area (Å²) in [5, 5.41) is 7.01. The molecule has 0 atom stereocenters. The third-order valence-electron chi connectivity index (χ3n) is 6.42. The molecule has 2 N–H and O–H groups in total. The maximum Gasteiger partial charge on any atom is 0.416 e. The lowest BCUT2D eigenvalue weighted by Gasteiger charge is -2.19. The first-order chi connectivity index (χ1) is 19.6. The van der Waals surface area contributed by atoms with Crippen LogP contribution in [0.25, 0.3) is 22.5 Å². The first-order valence-electron chi connectivity index (χ1n) is 12.3. The molecule has 3 aliphatic rings. The Morgan fingerprint density at radius 3 is 2.76 bits per heavy atom. The lowest BCUT2D eigenvalue weighted by atomic mass is 9.98. The molecule has 0 radical (unpaired) electrons. The molecule has 0 amide bonds. The number of hydrogen-bond acceptors (Lipinski definition) is 9. The van der Waals surface area contributed by atoms with Crippen LogP contribution in [0.15, 0.2) is 70.8 Å². The quantitative estimate of drug-likeness (QED) is 0.301. The van der Waals surface area contributed by atoms with E-state index >= 15 is 0 Å². The molecule has 5 heterocycles. The molecule has 3 aromatic rings. The maximum atomic E-state index is 13.1. The van der Waals surface area contributed by atoms with Crippen molar-refractivity contribution in [2.24, 2.45) is 4.99 Å². The topological polar surface area (TPSA) is 140 Å². The second kappa shape index (κ2) is 9.99. The van der Waals surface area contributed by atoms with Gasteiger partial charge >= 0.3 is 6.18 Å². The van der Waals surface area contributed by atoms with Gasteiger partial charge in [0.2, 0.25) is 10.0 Å². The third-order valence-corrected chi connectivity index (χ3v) is 7.65. The van der Waals surface area contributed by atoms with Crippen LogP contribution < -0.4 is 15.7 Å². The fraction of sp³-hybridized carbons (Fsp3) is 0.192. The molecule has 0 aliphatic carbocycles. The number of alkyl halides is 3. The molecule has 2 aromatic heterocycles. The lowest BCUT2D eigenvalue weighted by Crippen LogP contribution is -2.17. The van der Waals surface area contributed by atoms with Gasteiger partial charge in [0.05, 0.1) is 17.5 Å². The van der Waals surface area contributed by atoms with E-state index in [1.165, 1.54) is 12.5 Å². The Hall–Kier alpha value is -4.79. The van der Waals surface area contributed by atoms with Gasteiger partial charge < -0.3 is 14.4 Å². The van der Waals surface area contributed by atoms with E-state index in [1.54, 1.807) is 24.4 Å². The van der Waals surface area contributed by atoms with Gasteiger partial charge in [-0.15, -0.1) is 0 Å². The standard InChI is InChI=1S/C26H21F3N8O3S/c1-15-2-3-18(36-41(38,39)14-19-9-17(4-5-30-19)26(27,28)29)10-21(15)22-8-16-11-32-25(34-20-12-33-40-13-20)35-23(16)37-7-6-31-24(22)37/h2-5,8-13,31,36H,6-7,14H2,1H3. The smallest absolute Gasteiger partial charge is 0.369 e. The molecule has 15 heteroatoms. The summed E-state index contributed by atoms with van der Waals surface area (Å²) in [6.45, 7) is 3.19. The van der Waals surface area contributed by atoms with Gasteiger partial charge in [-0.25, -0.2) is 18.4 Å².